The van der Waals surface area contributed by atoms with Gasteiger partial charge in [0.1, 0.15) is 11.6 Å². The van der Waals surface area contributed by atoms with Crippen LogP contribution in [0, 0.1) is 17.6 Å². The van der Waals surface area contributed by atoms with Crippen LogP contribution >= 0.6 is 15.9 Å². The molecule has 2 nitrogen and oxygen atoms in total. The highest BCUT2D eigenvalue weighted by molar-refractivity contribution is 9.10. The molecule has 1 fully saturated rings. The highest BCUT2D eigenvalue weighted by atomic mass is 79.9. The van der Waals surface area contributed by atoms with Crippen LogP contribution in [0.1, 0.15) is 30.7 Å². The van der Waals surface area contributed by atoms with E-state index in [4.69, 9.17) is 5.11 Å². The molecular formula is C12H11BrF2O2. The van der Waals surface area contributed by atoms with Crippen LogP contribution in [0.25, 0.3) is 0 Å². The molecule has 17 heavy (non-hydrogen) atoms. The van der Waals surface area contributed by atoms with E-state index in [9.17, 15) is 13.6 Å². The second-order valence-corrected chi connectivity index (χ2v) is 5.09. The van der Waals surface area contributed by atoms with E-state index in [0.29, 0.717) is 19.3 Å². The second kappa shape index (κ2) is 4.72. The lowest BCUT2D eigenvalue weighted by Gasteiger charge is -2.18. The Morgan fingerprint density at radius 2 is 2.06 bits per heavy atom. The summed E-state index contributed by atoms with van der Waals surface area (Å²) in [5, 5.41) is 9.04. The summed E-state index contributed by atoms with van der Waals surface area (Å²) in [5.41, 5.74) is -0.0933. The van der Waals surface area contributed by atoms with E-state index in [1.807, 2.05) is 0 Å². The van der Waals surface area contributed by atoms with Crippen molar-refractivity contribution in [2.75, 3.05) is 0 Å². The van der Waals surface area contributed by atoms with Crippen molar-refractivity contribution in [3.8, 4) is 0 Å². The first kappa shape index (κ1) is 12.5. The average molecular weight is 305 g/mol. The summed E-state index contributed by atoms with van der Waals surface area (Å²) in [6.07, 6.45) is 1.68. The van der Waals surface area contributed by atoms with E-state index in [2.05, 4.69) is 15.9 Å². The number of benzene rings is 1. The number of hydrogen-bond donors (Lipinski definition) is 1. The molecule has 0 aliphatic heterocycles. The fraction of sp³-hybridized carbons (Fsp3) is 0.417. The standard InChI is InChI=1S/C12H11BrF2O2/c13-8-4-5-9(14)10(11(8)15)6-2-1-3-7(6)12(16)17/h4-7H,1-3H2,(H,16,17). The minimum Gasteiger partial charge on any atom is -0.481 e. The van der Waals surface area contributed by atoms with Crippen molar-refractivity contribution in [2.24, 2.45) is 5.92 Å². The van der Waals surface area contributed by atoms with Crippen molar-refractivity contribution in [3.05, 3.63) is 33.8 Å². The molecule has 5 heteroatoms. The van der Waals surface area contributed by atoms with Crippen molar-refractivity contribution < 1.29 is 18.7 Å². The highest BCUT2D eigenvalue weighted by Gasteiger charge is 2.37. The van der Waals surface area contributed by atoms with Gasteiger partial charge in [0.25, 0.3) is 0 Å². The zero-order valence-electron chi connectivity index (χ0n) is 8.92. The van der Waals surface area contributed by atoms with Gasteiger partial charge in [0.15, 0.2) is 0 Å². The molecule has 0 radical (unpaired) electrons. The molecule has 1 aliphatic carbocycles. The Morgan fingerprint density at radius 1 is 1.35 bits per heavy atom. The number of rotatable bonds is 2. The predicted octanol–water partition coefficient (Wildman–Crippen LogP) is 3.70. The smallest absolute Gasteiger partial charge is 0.307 e. The maximum Gasteiger partial charge on any atom is 0.307 e. The summed E-state index contributed by atoms with van der Waals surface area (Å²) in [6.45, 7) is 0. The van der Waals surface area contributed by atoms with E-state index < -0.39 is 29.4 Å². The number of carboxylic acid groups (broad SMARTS) is 1. The average Bonchev–Trinajstić information content (AvgIpc) is 2.73. The number of halogens is 3. The monoisotopic (exact) mass is 304 g/mol. The molecule has 1 saturated carbocycles. The number of hydrogen-bond acceptors (Lipinski definition) is 1. The van der Waals surface area contributed by atoms with Crippen molar-refractivity contribution in [3.63, 3.8) is 0 Å². The topological polar surface area (TPSA) is 37.3 Å². The summed E-state index contributed by atoms with van der Waals surface area (Å²) in [6, 6.07) is 2.46. The van der Waals surface area contributed by atoms with Crippen LogP contribution in [-0.4, -0.2) is 11.1 Å². The van der Waals surface area contributed by atoms with Gasteiger partial charge in [-0.15, -0.1) is 0 Å². The quantitative estimate of drug-likeness (QED) is 0.846. The van der Waals surface area contributed by atoms with E-state index >= 15 is 0 Å². The summed E-state index contributed by atoms with van der Waals surface area (Å²) in [7, 11) is 0. The molecule has 0 aromatic heterocycles. The van der Waals surface area contributed by atoms with Gasteiger partial charge in [-0.3, -0.25) is 4.79 Å². The van der Waals surface area contributed by atoms with E-state index in [-0.39, 0.29) is 10.0 Å². The Kier molecular flexibility index (Phi) is 3.47. The van der Waals surface area contributed by atoms with E-state index in [1.54, 1.807) is 0 Å². The maximum absolute atomic E-state index is 13.9. The van der Waals surface area contributed by atoms with E-state index in [0.717, 1.165) is 0 Å². The molecule has 1 aromatic rings. The fourth-order valence-electron chi connectivity index (χ4n) is 2.48. The third kappa shape index (κ3) is 2.20. The van der Waals surface area contributed by atoms with Crippen LogP contribution in [0.3, 0.4) is 0 Å². The van der Waals surface area contributed by atoms with Gasteiger partial charge < -0.3 is 5.11 Å². The van der Waals surface area contributed by atoms with E-state index in [1.165, 1.54) is 12.1 Å². The Hall–Kier alpha value is -0.970. The van der Waals surface area contributed by atoms with Crippen LogP contribution in [0.4, 0.5) is 8.78 Å². The molecule has 0 bridgehead atoms. The number of carbonyl (C=O) groups is 1. The molecule has 1 N–H and O–H groups in total. The van der Waals surface area contributed by atoms with Crippen molar-refractivity contribution in [1.82, 2.24) is 0 Å². The molecule has 1 aromatic carbocycles. The predicted molar refractivity (Wildman–Crippen MR) is 61.8 cm³/mol. The second-order valence-electron chi connectivity index (χ2n) is 4.24. The van der Waals surface area contributed by atoms with Crippen molar-refractivity contribution in [2.45, 2.75) is 25.2 Å². The van der Waals surface area contributed by atoms with Crippen LogP contribution in [0.15, 0.2) is 16.6 Å². The first-order chi connectivity index (χ1) is 8.02. The lowest BCUT2D eigenvalue weighted by molar-refractivity contribution is -0.142. The van der Waals surface area contributed by atoms with Gasteiger partial charge >= 0.3 is 5.97 Å². The van der Waals surface area contributed by atoms with Gasteiger partial charge in [-0.1, -0.05) is 6.42 Å². The molecule has 0 saturated heterocycles. The molecule has 2 rings (SSSR count). The largest absolute Gasteiger partial charge is 0.481 e. The van der Waals surface area contributed by atoms with Crippen LogP contribution in [0.5, 0.6) is 0 Å². The van der Waals surface area contributed by atoms with Gasteiger partial charge in [0.2, 0.25) is 0 Å². The van der Waals surface area contributed by atoms with Gasteiger partial charge in [-0.25, -0.2) is 8.78 Å². The molecule has 2 atom stereocenters. The van der Waals surface area contributed by atoms with Crippen molar-refractivity contribution in [1.29, 1.82) is 0 Å². The molecule has 0 spiro atoms. The lowest BCUT2D eigenvalue weighted by atomic mass is 9.88. The zero-order chi connectivity index (χ0) is 12.6. The molecular weight excluding hydrogens is 294 g/mol. The number of carboxylic acids is 1. The minimum atomic E-state index is -0.980. The molecule has 0 amide bonds. The summed E-state index contributed by atoms with van der Waals surface area (Å²) in [4.78, 5) is 11.0. The van der Waals surface area contributed by atoms with Gasteiger partial charge in [-0.2, -0.15) is 0 Å². The third-order valence-corrected chi connectivity index (χ3v) is 3.90. The van der Waals surface area contributed by atoms with Crippen molar-refractivity contribution >= 4 is 21.9 Å². The van der Waals surface area contributed by atoms with Crippen LogP contribution in [-0.2, 0) is 4.79 Å². The summed E-state index contributed by atoms with van der Waals surface area (Å²) in [5.74, 6) is -3.57. The SMILES string of the molecule is O=C(O)C1CCCC1c1c(F)ccc(Br)c1F. The molecule has 2 unspecified atom stereocenters. The fourth-order valence-corrected chi connectivity index (χ4v) is 2.83. The van der Waals surface area contributed by atoms with Crippen LogP contribution in [0.2, 0.25) is 0 Å². The first-order valence-electron chi connectivity index (χ1n) is 5.38. The van der Waals surface area contributed by atoms with Crippen LogP contribution < -0.4 is 0 Å². The normalized spacial score (nSPS) is 23.9. The Labute approximate surface area is 106 Å². The third-order valence-electron chi connectivity index (χ3n) is 3.28. The highest BCUT2D eigenvalue weighted by Crippen LogP contribution is 2.42. The lowest BCUT2D eigenvalue weighted by Crippen LogP contribution is -2.19. The molecule has 0 heterocycles. The van der Waals surface area contributed by atoms with Gasteiger partial charge in [0.05, 0.1) is 10.4 Å². The Morgan fingerprint density at radius 3 is 2.71 bits per heavy atom. The minimum absolute atomic E-state index is 0.0933. The van der Waals surface area contributed by atoms with Gasteiger partial charge in [0, 0.05) is 11.5 Å². The zero-order valence-corrected chi connectivity index (χ0v) is 10.5. The Bertz CT molecular complexity index is 462. The summed E-state index contributed by atoms with van der Waals surface area (Å²) < 4.78 is 27.7. The van der Waals surface area contributed by atoms with Gasteiger partial charge in [-0.05, 0) is 40.9 Å². The first-order valence-corrected chi connectivity index (χ1v) is 6.18. The maximum atomic E-state index is 13.9. The molecule has 92 valence electrons. The molecule has 1 aliphatic rings. The summed E-state index contributed by atoms with van der Waals surface area (Å²) >= 11 is 3.00. The number of aliphatic carboxylic acids is 1. The Balaban J connectivity index is 2.46.